The molecule has 1 unspecified atom stereocenters. The second-order valence-corrected chi connectivity index (χ2v) is 9.33. The van der Waals surface area contributed by atoms with Gasteiger partial charge in [0, 0.05) is 6.04 Å². The molecule has 0 spiro atoms. The fraction of sp³-hybridized carbons (Fsp3) is 0.429. The summed E-state index contributed by atoms with van der Waals surface area (Å²) in [5.41, 5.74) is 0.583. The molecule has 2 rings (SSSR count). The van der Waals surface area contributed by atoms with Crippen LogP contribution in [-0.4, -0.2) is 45.2 Å². The van der Waals surface area contributed by atoms with E-state index in [4.69, 9.17) is 6.42 Å². The number of aryl methyl sites for hydroxylation is 1. The van der Waals surface area contributed by atoms with Crippen LogP contribution in [0.15, 0.2) is 23.1 Å². The van der Waals surface area contributed by atoms with E-state index in [9.17, 15) is 21.2 Å². The smallest absolute Gasteiger partial charge is 0.229 e. The molecule has 0 radical (unpaired) electrons. The highest BCUT2D eigenvalue weighted by atomic mass is 32.2. The van der Waals surface area contributed by atoms with Gasteiger partial charge in [-0.25, -0.2) is 21.2 Å². The average Bonchev–Trinajstić information content (AvgIpc) is 2.78. The fourth-order valence-corrected chi connectivity index (χ4v) is 5.98. The largest absolute Gasteiger partial charge is 0.247 e. The maximum absolute atomic E-state index is 13.9. The van der Waals surface area contributed by atoms with Gasteiger partial charge in [-0.15, -0.1) is 6.42 Å². The molecule has 1 atom stereocenters. The zero-order valence-corrected chi connectivity index (χ0v) is 13.6. The summed E-state index contributed by atoms with van der Waals surface area (Å²) in [6, 6.07) is 2.99. The molecule has 1 aromatic carbocycles. The SMILES string of the molecule is C#CCN(C1CCS(=O)(=O)C1)S(=O)(=O)c1cc(C)ccc1F. The van der Waals surface area contributed by atoms with E-state index in [2.05, 4.69) is 5.92 Å². The minimum atomic E-state index is -4.20. The van der Waals surface area contributed by atoms with Crippen molar-refractivity contribution in [2.24, 2.45) is 0 Å². The Balaban J connectivity index is 2.48. The van der Waals surface area contributed by atoms with Gasteiger partial charge in [0.15, 0.2) is 9.84 Å². The monoisotopic (exact) mass is 345 g/mol. The van der Waals surface area contributed by atoms with Crippen molar-refractivity contribution in [3.63, 3.8) is 0 Å². The van der Waals surface area contributed by atoms with Gasteiger partial charge in [-0.2, -0.15) is 4.31 Å². The van der Waals surface area contributed by atoms with Crippen molar-refractivity contribution < 1.29 is 21.2 Å². The Morgan fingerprint density at radius 2 is 2.14 bits per heavy atom. The van der Waals surface area contributed by atoms with Crippen LogP contribution in [0.2, 0.25) is 0 Å². The van der Waals surface area contributed by atoms with E-state index in [0.717, 1.165) is 10.4 Å². The third-order valence-corrected chi connectivity index (χ3v) is 7.20. The summed E-state index contributed by atoms with van der Waals surface area (Å²) in [5.74, 6) is 0.947. The highest BCUT2D eigenvalue weighted by Crippen LogP contribution is 2.26. The first-order chi connectivity index (χ1) is 10.2. The number of rotatable bonds is 4. The lowest BCUT2D eigenvalue weighted by Crippen LogP contribution is -2.41. The molecule has 120 valence electrons. The maximum atomic E-state index is 13.9. The average molecular weight is 345 g/mol. The zero-order chi connectivity index (χ0) is 16.5. The van der Waals surface area contributed by atoms with Crippen molar-refractivity contribution in [3.8, 4) is 12.3 Å². The van der Waals surface area contributed by atoms with Gasteiger partial charge >= 0.3 is 0 Å². The Morgan fingerprint density at radius 1 is 1.45 bits per heavy atom. The maximum Gasteiger partial charge on any atom is 0.247 e. The summed E-state index contributed by atoms with van der Waals surface area (Å²) in [6.07, 6.45) is 5.37. The van der Waals surface area contributed by atoms with Gasteiger partial charge in [0.1, 0.15) is 10.7 Å². The number of benzene rings is 1. The van der Waals surface area contributed by atoms with Gasteiger partial charge in [0.25, 0.3) is 0 Å². The molecule has 0 amide bonds. The summed E-state index contributed by atoms with van der Waals surface area (Å²) in [4.78, 5) is -0.480. The van der Waals surface area contributed by atoms with Crippen molar-refractivity contribution in [1.82, 2.24) is 4.31 Å². The molecule has 1 fully saturated rings. The molecule has 1 heterocycles. The number of hydrogen-bond donors (Lipinski definition) is 0. The van der Waals surface area contributed by atoms with Crippen LogP contribution in [0.5, 0.6) is 0 Å². The lowest BCUT2D eigenvalue weighted by Gasteiger charge is -2.25. The Morgan fingerprint density at radius 3 is 2.68 bits per heavy atom. The molecule has 0 aromatic heterocycles. The molecule has 8 heteroatoms. The number of hydrogen-bond acceptors (Lipinski definition) is 4. The van der Waals surface area contributed by atoms with E-state index in [1.807, 2.05) is 0 Å². The van der Waals surface area contributed by atoms with Crippen LogP contribution in [0.3, 0.4) is 0 Å². The van der Waals surface area contributed by atoms with Gasteiger partial charge in [-0.05, 0) is 31.0 Å². The van der Waals surface area contributed by atoms with E-state index in [-0.39, 0.29) is 24.5 Å². The Labute approximate surface area is 130 Å². The minimum absolute atomic E-state index is 0.0927. The molecule has 1 aliphatic rings. The Kier molecular flexibility index (Phi) is 4.61. The number of halogens is 1. The summed E-state index contributed by atoms with van der Waals surface area (Å²) in [6.45, 7) is 1.35. The second kappa shape index (κ2) is 5.99. The number of sulfone groups is 1. The molecular weight excluding hydrogens is 329 g/mol. The van der Waals surface area contributed by atoms with Crippen LogP contribution in [0.1, 0.15) is 12.0 Å². The van der Waals surface area contributed by atoms with Crippen molar-refractivity contribution >= 4 is 19.9 Å². The van der Waals surface area contributed by atoms with Crippen molar-refractivity contribution in [1.29, 1.82) is 0 Å². The molecule has 0 aliphatic carbocycles. The van der Waals surface area contributed by atoms with Gasteiger partial charge in [-0.1, -0.05) is 12.0 Å². The lowest BCUT2D eigenvalue weighted by atomic mass is 10.2. The van der Waals surface area contributed by atoms with Crippen molar-refractivity contribution in [2.75, 3.05) is 18.1 Å². The third kappa shape index (κ3) is 3.32. The number of nitrogens with zero attached hydrogens (tertiary/aromatic N) is 1. The highest BCUT2D eigenvalue weighted by Gasteiger charge is 2.39. The molecule has 0 N–H and O–H groups in total. The normalized spacial score (nSPS) is 20.9. The predicted octanol–water partition coefficient (Wildman–Crippen LogP) is 0.945. The first-order valence-corrected chi connectivity index (χ1v) is 9.85. The Hall–Kier alpha value is -1.43. The first-order valence-electron chi connectivity index (χ1n) is 6.59. The fourth-order valence-electron chi connectivity index (χ4n) is 2.44. The van der Waals surface area contributed by atoms with Crippen LogP contribution < -0.4 is 0 Å². The van der Waals surface area contributed by atoms with Gasteiger partial charge < -0.3 is 0 Å². The van der Waals surface area contributed by atoms with Gasteiger partial charge in [-0.3, -0.25) is 0 Å². The Bertz CT molecular complexity index is 825. The van der Waals surface area contributed by atoms with Crippen LogP contribution in [0.4, 0.5) is 4.39 Å². The highest BCUT2D eigenvalue weighted by molar-refractivity contribution is 7.92. The second-order valence-electron chi connectivity index (χ2n) is 5.25. The van der Waals surface area contributed by atoms with Gasteiger partial charge in [0.2, 0.25) is 10.0 Å². The molecule has 0 bridgehead atoms. The molecule has 1 saturated heterocycles. The first kappa shape index (κ1) is 16.9. The van der Waals surface area contributed by atoms with E-state index < -0.39 is 36.6 Å². The standard InChI is InChI=1S/C14H16FNO4S2/c1-3-7-16(12-6-8-21(17,18)10-12)22(19,20)14-9-11(2)4-5-13(14)15/h1,4-5,9,12H,6-8,10H2,2H3. The van der Waals surface area contributed by atoms with Crippen LogP contribution in [0, 0.1) is 25.1 Å². The van der Waals surface area contributed by atoms with Crippen LogP contribution >= 0.6 is 0 Å². The molecule has 1 aromatic rings. The van der Waals surface area contributed by atoms with Crippen molar-refractivity contribution in [3.05, 3.63) is 29.6 Å². The molecule has 0 saturated carbocycles. The topological polar surface area (TPSA) is 71.5 Å². The van der Waals surface area contributed by atoms with E-state index >= 15 is 0 Å². The van der Waals surface area contributed by atoms with E-state index in [1.54, 1.807) is 6.92 Å². The predicted molar refractivity (Wildman–Crippen MR) is 80.9 cm³/mol. The van der Waals surface area contributed by atoms with E-state index in [0.29, 0.717) is 5.56 Å². The molecular formula is C14H16FNO4S2. The van der Waals surface area contributed by atoms with Crippen LogP contribution in [-0.2, 0) is 19.9 Å². The molecule has 5 nitrogen and oxygen atoms in total. The van der Waals surface area contributed by atoms with Crippen molar-refractivity contribution in [2.45, 2.75) is 24.3 Å². The summed E-state index contributed by atoms with van der Waals surface area (Å²) < 4.78 is 63.4. The summed E-state index contributed by atoms with van der Waals surface area (Å²) >= 11 is 0. The number of terminal acetylenes is 1. The van der Waals surface area contributed by atoms with Gasteiger partial charge in [0.05, 0.1) is 18.1 Å². The molecule has 22 heavy (non-hydrogen) atoms. The quantitative estimate of drug-likeness (QED) is 0.762. The number of sulfonamides is 1. The summed E-state index contributed by atoms with van der Waals surface area (Å²) in [7, 11) is -7.49. The lowest BCUT2D eigenvalue weighted by molar-refractivity contribution is 0.369. The zero-order valence-electron chi connectivity index (χ0n) is 12.0. The summed E-state index contributed by atoms with van der Waals surface area (Å²) in [5, 5.41) is 0. The molecule has 1 aliphatic heterocycles. The van der Waals surface area contributed by atoms with Crippen LogP contribution in [0.25, 0.3) is 0 Å². The third-order valence-electron chi connectivity index (χ3n) is 3.54. The van der Waals surface area contributed by atoms with E-state index in [1.165, 1.54) is 12.1 Å². The minimum Gasteiger partial charge on any atom is -0.229 e.